The Balaban J connectivity index is 1.95. The summed E-state index contributed by atoms with van der Waals surface area (Å²) in [4.78, 5) is 4.28. The number of ether oxygens (including phenoxy) is 1. The predicted octanol–water partition coefficient (Wildman–Crippen LogP) is 4.04. The van der Waals surface area contributed by atoms with Gasteiger partial charge in [-0.15, -0.1) is 0 Å². The van der Waals surface area contributed by atoms with E-state index >= 15 is 0 Å². The topological polar surface area (TPSA) is 45.4 Å². The quantitative estimate of drug-likeness (QED) is 0.790. The molecule has 22 heavy (non-hydrogen) atoms. The first-order valence-electron chi connectivity index (χ1n) is 8.34. The third-order valence-electron chi connectivity index (χ3n) is 5.38. The van der Waals surface area contributed by atoms with Crippen LogP contribution in [0.2, 0.25) is 0 Å². The van der Waals surface area contributed by atoms with Crippen molar-refractivity contribution in [2.24, 2.45) is 10.4 Å². The Labute approximate surface area is 133 Å². The lowest BCUT2D eigenvalue weighted by Crippen LogP contribution is -2.35. The van der Waals surface area contributed by atoms with E-state index in [0.717, 1.165) is 50.7 Å². The summed E-state index contributed by atoms with van der Waals surface area (Å²) in [6, 6.07) is 6.77. The van der Waals surface area contributed by atoms with E-state index in [1.807, 2.05) is 0 Å². The second kappa shape index (κ2) is 6.22. The zero-order valence-corrected chi connectivity index (χ0v) is 13.6. The van der Waals surface area contributed by atoms with Gasteiger partial charge < -0.3 is 4.74 Å². The van der Waals surface area contributed by atoms with Gasteiger partial charge in [-0.1, -0.05) is 25.5 Å². The van der Waals surface area contributed by atoms with E-state index in [2.05, 4.69) is 36.3 Å². The van der Waals surface area contributed by atoms with E-state index < -0.39 is 0 Å². The van der Waals surface area contributed by atoms with Crippen LogP contribution in [0.1, 0.15) is 55.7 Å². The summed E-state index contributed by atoms with van der Waals surface area (Å²) >= 11 is 0. The minimum atomic E-state index is 0.0674. The molecular formula is C19H24N2O. The summed E-state index contributed by atoms with van der Waals surface area (Å²) in [5.74, 6) is 0. The number of benzene rings is 1. The van der Waals surface area contributed by atoms with Crippen molar-refractivity contribution in [1.82, 2.24) is 0 Å². The molecule has 0 radical (unpaired) electrons. The van der Waals surface area contributed by atoms with E-state index in [9.17, 15) is 5.26 Å². The van der Waals surface area contributed by atoms with Crippen LogP contribution in [0.25, 0.3) is 0 Å². The Morgan fingerprint density at radius 1 is 1.36 bits per heavy atom. The highest BCUT2D eigenvalue weighted by molar-refractivity contribution is 6.09. The molecular weight excluding hydrogens is 272 g/mol. The molecule has 3 nitrogen and oxygen atoms in total. The maximum Gasteiger partial charge on any atom is 0.205 e. The lowest BCUT2D eigenvalue weighted by Gasteiger charge is -2.36. The molecule has 1 aromatic carbocycles. The summed E-state index contributed by atoms with van der Waals surface area (Å²) in [6.07, 6.45) is 9.97. The van der Waals surface area contributed by atoms with Gasteiger partial charge in [0.05, 0.1) is 11.8 Å². The number of hydrogen-bond acceptors (Lipinski definition) is 3. The number of aryl methyl sites for hydroxylation is 1. The third kappa shape index (κ3) is 2.57. The maximum absolute atomic E-state index is 9.17. The Morgan fingerprint density at radius 3 is 2.77 bits per heavy atom. The molecule has 116 valence electrons. The number of nitriles is 1. The van der Waals surface area contributed by atoms with E-state index in [1.165, 1.54) is 16.7 Å². The van der Waals surface area contributed by atoms with Crippen LogP contribution in [-0.4, -0.2) is 18.9 Å². The molecule has 0 amide bonds. The van der Waals surface area contributed by atoms with Crippen LogP contribution < -0.4 is 0 Å². The molecule has 2 aliphatic rings. The number of hydrogen-bond donors (Lipinski definition) is 0. The first kappa shape index (κ1) is 15.2. The molecule has 0 atom stereocenters. The fraction of sp³-hybridized carbons (Fsp3) is 0.579. The average molecular weight is 296 g/mol. The largest absolute Gasteiger partial charge is 0.381 e. The van der Waals surface area contributed by atoms with Gasteiger partial charge >= 0.3 is 0 Å². The molecule has 2 aliphatic carbocycles. The van der Waals surface area contributed by atoms with Crippen molar-refractivity contribution in [2.45, 2.75) is 58.0 Å². The minimum Gasteiger partial charge on any atom is -0.381 e. The van der Waals surface area contributed by atoms with Gasteiger partial charge in [0.15, 0.2) is 0 Å². The normalized spacial score (nSPS) is 28.8. The van der Waals surface area contributed by atoms with Gasteiger partial charge in [-0.3, -0.25) is 0 Å². The van der Waals surface area contributed by atoms with Crippen LogP contribution in [0, 0.1) is 16.9 Å². The van der Waals surface area contributed by atoms with E-state index in [1.54, 1.807) is 7.11 Å². The molecule has 1 spiro atoms. The molecule has 0 saturated heterocycles. The predicted molar refractivity (Wildman–Crippen MR) is 88.0 cm³/mol. The summed E-state index contributed by atoms with van der Waals surface area (Å²) in [7, 11) is 1.80. The lowest BCUT2D eigenvalue weighted by atomic mass is 9.70. The molecule has 3 rings (SSSR count). The lowest BCUT2D eigenvalue weighted by molar-refractivity contribution is 0.0468. The van der Waals surface area contributed by atoms with Crippen molar-refractivity contribution in [2.75, 3.05) is 7.11 Å². The molecule has 1 fully saturated rings. The van der Waals surface area contributed by atoms with Crippen molar-refractivity contribution >= 4 is 5.71 Å². The molecule has 1 saturated carbocycles. The maximum atomic E-state index is 9.17. The zero-order valence-electron chi connectivity index (χ0n) is 13.6. The number of rotatable bonds is 3. The van der Waals surface area contributed by atoms with Gasteiger partial charge in [0, 0.05) is 18.1 Å². The van der Waals surface area contributed by atoms with Crippen molar-refractivity contribution in [3.05, 3.63) is 34.9 Å². The van der Waals surface area contributed by atoms with Gasteiger partial charge in [-0.2, -0.15) is 10.3 Å². The summed E-state index contributed by atoms with van der Waals surface area (Å²) < 4.78 is 5.51. The first-order chi connectivity index (χ1) is 10.7. The molecule has 3 heteroatoms. The zero-order chi connectivity index (χ0) is 15.6. The molecule has 0 bridgehead atoms. The van der Waals surface area contributed by atoms with Crippen LogP contribution >= 0.6 is 0 Å². The standard InChI is InChI=1S/C19H24N2O/c1-3-4-14-5-6-15-12-19(9-7-16(22-2)8-10-19)18(21-13-20)17(15)11-14/h5-6,11,16H,3-4,7-10,12H2,1-2H3/b21-18+/t16-,19-. The van der Waals surface area contributed by atoms with Crippen LogP contribution in [0.5, 0.6) is 0 Å². The Kier molecular flexibility index (Phi) is 4.31. The van der Waals surface area contributed by atoms with Crippen LogP contribution in [-0.2, 0) is 17.6 Å². The Bertz CT molecular complexity index is 619. The molecule has 0 aliphatic heterocycles. The molecule has 0 unspecified atom stereocenters. The highest BCUT2D eigenvalue weighted by atomic mass is 16.5. The number of methoxy groups -OCH3 is 1. The van der Waals surface area contributed by atoms with Crippen molar-refractivity contribution in [3.63, 3.8) is 0 Å². The summed E-state index contributed by atoms with van der Waals surface area (Å²) in [6.45, 7) is 2.20. The molecule has 1 aromatic rings. The molecule has 0 N–H and O–H groups in total. The SMILES string of the molecule is CCCc1ccc2c(c1)/C(=N\C#N)[C@]1(CC[C@H](OC)CC1)C2. The van der Waals surface area contributed by atoms with Crippen molar-refractivity contribution < 1.29 is 4.74 Å². The van der Waals surface area contributed by atoms with Crippen LogP contribution in [0.4, 0.5) is 0 Å². The van der Waals surface area contributed by atoms with Crippen LogP contribution in [0.3, 0.4) is 0 Å². The Hall–Kier alpha value is -1.66. The number of nitrogens with zero attached hydrogens (tertiary/aromatic N) is 2. The monoisotopic (exact) mass is 296 g/mol. The van der Waals surface area contributed by atoms with Gasteiger partial charge in [0.2, 0.25) is 6.19 Å². The first-order valence-corrected chi connectivity index (χ1v) is 8.34. The van der Waals surface area contributed by atoms with Gasteiger partial charge in [-0.05, 0) is 55.7 Å². The van der Waals surface area contributed by atoms with E-state index in [0.29, 0.717) is 6.10 Å². The van der Waals surface area contributed by atoms with Crippen molar-refractivity contribution in [1.29, 1.82) is 5.26 Å². The third-order valence-corrected chi connectivity index (χ3v) is 5.38. The Morgan fingerprint density at radius 2 is 2.14 bits per heavy atom. The molecule has 0 heterocycles. The smallest absolute Gasteiger partial charge is 0.205 e. The highest BCUT2D eigenvalue weighted by Crippen LogP contribution is 2.48. The molecule has 0 aromatic heterocycles. The second-order valence-electron chi connectivity index (χ2n) is 6.69. The number of aliphatic imine (C=N–C) groups is 1. The second-order valence-corrected chi connectivity index (χ2v) is 6.69. The highest BCUT2D eigenvalue weighted by Gasteiger charge is 2.45. The van der Waals surface area contributed by atoms with Gasteiger partial charge in [0.25, 0.3) is 0 Å². The average Bonchev–Trinajstić information content (AvgIpc) is 2.82. The fourth-order valence-electron chi connectivity index (χ4n) is 4.20. The van der Waals surface area contributed by atoms with E-state index in [-0.39, 0.29) is 5.41 Å². The summed E-state index contributed by atoms with van der Waals surface area (Å²) in [5, 5.41) is 9.17. The number of fused-ring (bicyclic) bond motifs is 1. The fourth-order valence-corrected chi connectivity index (χ4v) is 4.20. The van der Waals surface area contributed by atoms with Gasteiger partial charge in [0.1, 0.15) is 0 Å². The van der Waals surface area contributed by atoms with Crippen molar-refractivity contribution in [3.8, 4) is 6.19 Å². The summed E-state index contributed by atoms with van der Waals surface area (Å²) in [5.41, 5.74) is 5.05. The van der Waals surface area contributed by atoms with Gasteiger partial charge in [-0.25, -0.2) is 0 Å². The van der Waals surface area contributed by atoms with E-state index in [4.69, 9.17) is 4.74 Å². The van der Waals surface area contributed by atoms with Crippen LogP contribution in [0.15, 0.2) is 23.2 Å². The minimum absolute atomic E-state index is 0.0674.